The zero-order valence-corrected chi connectivity index (χ0v) is 15.9. The number of ether oxygens (including phenoxy) is 1. The molecule has 0 N–H and O–H groups in total. The number of nitrogens with zero attached hydrogens (tertiary/aromatic N) is 2. The Morgan fingerprint density at radius 3 is 2.00 bits per heavy atom. The lowest BCUT2D eigenvalue weighted by Gasteiger charge is -2.13. The zero-order valence-electron chi connectivity index (χ0n) is 15.9. The first-order valence-electron chi connectivity index (χ1n) is 9.28. The molecule has 6 nitrogen and oxygen atoms in total. The minimum atomic E-state index is -0.664. The third-order valence-corrected chi connectivity index (χ3v) is 4.88. The summed E-state index contributed by atoms with van der Waals surface area (Å²) in [4.78, 5) is 37.7. The molecule has 0 atom stereocenters. The number of hydrogen-bond donors (Lipinski definition) is 0. The van der Waals surface area contributed by atoms with E-state index in [1.807, 2.05) is 30.3 Å². The van der Waals surface area contributed by atoms with Gasteiger partial charge in [-0.25, -0.2) is 0 Å². The standard InChI is InChI=1S/C24H16N2O4/c25-13-18-5-1-2-6-19(18)17-11-9-16(10-12-17)15-30-22(27)14-26-23(28)20-7-3-4-8-21(20)24(26)29/h1-12H,14-15H2. The highest BCUT2D eigenvalue weighted by atomic mass is 16.5. The summed E-state index contributed by atoms with van der Waals surface area (Å²) in [6.45, 7) is -0.415. The van der Waals surface area contributed by atoms with Gasteiger partial charge in [-0.3, -0.25) is 19.3 Å². The van der Waals surface area contributed by atoms with E-state index in [1.165, 1.54) is 0 Å². The number of carbonyl (C=O) groups is 3. The number of carbonyl (C=O) groups excluding carboxylic acids is 3. The number of hydrogen-bond acceptors (Lipinski definition) is 5. The van der Waals surface area contributed by atoms with E-state index < -0.39 is 24.3 Å². The summed E-state index contributed by atoms with van der Waals surface area (Å²) in [7, 11) is 0. The van der Waals surface area contributed by atoms with E-state index in [0.717, 1.165) is 21.6 Å². The molecule has 146 valence electrons. The molecule has 30 heavy (non-hydrogen) atoms. The van der Waals surface area contributed by atoms with Gasteiger partial charge < -0.3 is 4.74 Å². The number of benzene rings is 3. The van der Waals surface area contributed by atoms with Crippen LogP contribution >= 0.6 is 0 Å². The van der Waals surface area contributed by atoms with Crippen molar-refractivity contribution in [2.45, 2.75) is 6.61 Å². The molecule has 0 radical (unpaired) electrons. The molecule has 2 amide bonds. The van der Waals surface area contributed by atoms with Gasteiger partial charge in [0.15, 0.2) is 0 Å². The molecule has 3 aromatic carbocycles. The highest BCUT2D eigenvalue weighted by Gasteiger charge is 2.36. The van der Waals surface area contributed by atoms with Crippen LogP contribution < -0.4 is 0 Å². The van der Waals surface area contributed by atoms with Crippen LogP contribution in [0, 0.1) is 11.3 Å². The van der Waals surface area contributed by atoms with Crippen molar-refractivity contribution in [3.05, 3.63) is 95.1 Å². The smallest absolute Gasteiger partial charge is 0.326 e. The molecule has 0 aliphatic carbocycles. The molecule has 0 unspecified atom stereocenters. The van der Waals surface area contributed by atoms with Crippen LogP contribution in [0.25, 0.3) is 11.1 Å². The van der Waals surface area contributed by atoms with Crippen molar-refractivity contribution < 1.29 is 19.1 Å². The molecular weight excluding hydrogens is 380 g/mol. The topological polar surface area (TPSA) is 87.5 Å². The number of fused-ring (bicyclic) bond motifs is 1. The van der Waals surface area contributed by atoms with E-state index in [1.54, 1.807) is 42.5 Å². The summed E-state index contributed by atoms with van der Waals surface area (Å²) in [5, 5.41) is 9.23. The molecule has 0 spiro atoms. The van der Waals surface area contributed by atoms with Crippen molar-refractivity contribution in [3.8, 4) is 17.2 Å². The third-order valence-electron chi connectivity index (χ3n) is 4.88. The van der Waals surface area contributed by atoms with Gasteiger partial charge in [0.2, 0.25) is 0 Å². The number of amides is 2. The van der Waals surface area contributed by atoms with Crippen molar-refractivity contribution in [3.63, 3.8) is 0 Å². The maximum absolute atomic E-state index is 12.3. The van der Waals surface area contributed by atoms with Crippen LogP contribution in [0.1, 0.15) is 31.8 Å². The molecule has 0 fully saturated rings. The number of rotatable bonds is 5. The molecular formula is C24H16N2O4. The molecule has 1 aliphatic rings. The second-order valence-electron chi connectivity index (χ2n) is 6.76. The van der Waals surface area contributed by atoms with E-state index >= 15 is 0 Å². The lowest BCUT2D eigenvalue weighted by atomic mass is 9.99. The van der Waals surface area contributed by atoms with Crippen LogP contribution in [0.4, 0.5) is 0 Å². The van der Waals surface area contributed by atoms with Gasteiger partial charge in [-0.1, -0.05) is 54.6 Å². The Morgan fingerprint density at radius 1 is 0.833 bits per heavy atom. The average molecular weight is 396 g/mol. The monoisotopic (exact) mass is 396 g/mol. The first kappa shape index (κ1) is 19.1. The molecule has 6 heteroatoms. The highest BCUT2D eigenvalue weighted by Crippen LogP contribution is 2.24. The summed E-state index contributed by atoms with van der Waals surface area (Å²) < 4.78 is 5.24. The summed E-state index contributed by atoms with van der Waals surface area (Å²) in [6, 6.07) is 23.2. The first-order chi connectivity index (χ1) is 14.6. The highest BCUT2D eigenvalue weighted by molar-refractivity contribution is 6.22. The first-order valence-corrected chi connectivity index (χ1v) is 9.28. The Kier molecular flexibility index (Phi) is 5.10. The van der Waals surface area contributed by atoms with Gasteiger partial charge in [0, 0.05) is 0 Å². The lowest BCUT2D eigenvalue weighted by Crippen LogP contribution is -2.35. The maximum Gasteiger partial charge on any atom is 0.326 e. The summed E-state index contributed by atoms with van der Waals surface area (Å²) in [6.07, 6.45) is 0. The van der Waals surface area contributed by atoms with Crippen LogP contribution in [0.5, 0.6) is 0 Å². The average Bonchev–Trinajstić information content (AvgIpc) is 3.03. The van der Waals surface area contributed by atoms with Crippen molar-refractivity contribution in [2.24, 2.45) is 0 Å². The number of nitriles is 1. The number of imide groups is 1. The fourth-order valence-corrected chi connectivity index (χ4v) is 3.33. The Labute approximate surface area is 172 Å². The van der Waals surface area contributed by atoms with Gasteiger partial charge in [-0.2, -0.15) is 5.26 Å². The van der Waals surface area contributed by atoms with Crippen LogP contribution in [-0.4, -0.2) is 29.2 Å². The van der Waals surface area contributed by atoms with Crippen molar-refractivity contribution in [2.75, 3.05) is 6.54 Å². The van der Waals surface area contributed by atoms with Crippen molar-refractivity contribution in [1.82, 2.24) is 4.90 Å². The van der Waals surface area contributed by atoms with Crippen LogP contribution in [0.15, 0.2) is 72.8 Å². The second-order valence-corrected chi connectivity index (χ2v) is 6.76. The molecule has 0 saturated carbocycles. The zero-order chi connectivity index (χ0) is 21.1. The summed E-state index contributed by atoms with van der Waals surface area (Å²) >= 11 is 0. The SMILES string of the molecule is N#Cc1ccccc1-c1ccc(COC(=O)CN2C(=O)c3ccccc3C2=O)cc1. The fraction of sp³-hybridized carbons (Fsp3) is 0.0833. The van der Waals surface area contributed by atoms with E-state index in [0.29, 0.717) is 16.7 Å². The van der Waals surface area contributed by atoms with E-state index in [2.05, 4.69) is 6.07 Å². The predicted octanol–water partition coefficient (Wildman–Crippen LogP) is 3.56. The molecule has 4 rings (SSSR count). The van der Waals surface area contributed by atoms with Crippen molar-refractivity contribution >= 4 is 17.8 Å². The molecule has 0 aromatic heterocycles. The van der Waals surface area contributed by atoms with Crippen LogP contribution in [0.2, 0.25) is 0 Å². The molecule has 1 heterocycles. The molecule has 0 saturated heterocycles. The van der Waals surface area contributed by atoms with Gasteiger partial charge in [-0.05, 0) is 34.9 Å². The van der Waals surface area contributed by atoms with Gasteiger partial charge in [-0.15, -0.1) is 0 Å². The summed E-state index contributed by atoms with van der Waals surface area (Å²) in [5.41, 5.74) is 3.64. The lowest BCUT2D eigenvalue weighted by molar-refractivity contribution is -0.145. The van der Waals surface area contributed by atoms with Gasteiger partial charge >= 0.3 is 5.97 Å². The molecule has 0 bridgehead atoms. The minimum absolute atomic E-state index is 0.0161. The Bertz CT molecular complexity index is 1160. The number of esters is 1. The molecule has 1 aliphatic heterocycles. The van der Waals surface area contributed by atoms with E-state index in [4.69, 9.17) is 4.74 Å². The van der Waals surface area contributed by atoms with E-state index in [9.17, 15) is 19.6 Å². The van der Waals surface area contributed by atoms with Gasteiger partial charge in [0.1, 0.15) is 13.2 Å². The maximum atomic E-state index is 12.3. The Balaban J connectivity index is 1.38. The predicted molar refractivity (Wildman–Crippen MR) is 108 cm³/mol. The van der Waals surface area contributed by atoms with Gasteiger partial charge in [0.25, 0.3) is 11.8 Å². The molecule has 3 aromatic rings. The normalized spacial score (nSPS) is 12.4. The Hall–Kier alpha value is -4.24. The fourth-order valence-electron chi connectivity index (χ4n) is 3.33. The third kappa shape index (κ3) is 3.56. The second kappa shape index (κ2) is 8.02. The Morgan fingerprint density at radius 2 is 1.40 bits per heavy atom. The van der Waals surface area contributed by atoms with E-state index in [-0.39, 0.29) is 6.61 Å². The van der Waals surface area contributed by atoms with Crippen molar-refractivity contribution in [1.29, 1.82) is 5.26 Å². The van der Waals surface area contributed by atoms with Gasteiger partial charge in [0.05, 0.1) is 22.8 Å². The summed E-state index contributed by atoms with van der Waals surface area (Å²) in [5.74, 6) is -1.65. The largest absolute Gasteiger partial charge is 0.459 e. The van der Waals surface area contributed by atoms with Crippen LogP contribution in [-0.2, 0) is 16.1 Å². The quantitative estimate of drug-likeness (QED) is 0.486. The minimum Gasteiger partial charge on any atom is -0.459 e. The van der Waals surface area contributed by atoms with Crippen LogP contribution in [0.3, 0.4) is 0 Å².